The standard InChI is InChI=1S/C29H20N2O5/c30-31-26-25(27(35)23-3-1-2-4-24(23)28(26)36)29(17-5-11-20(32)12-6-17,18-7-13-21(33)14-8-18)19-9-15-22(34)16-10-19/h1-16,25,32-34H. The van der Waals surface area contributed by atoms with Gasteiger partial charge in [0.15, 0.2) is 5.78 Å². The lowest BCUT2D eigenvalue weighted by molar-refractivity contribution is -0.0149. The molecule has 0 saturated heterocycles. The summed E-state index contributed by atoms with van der Waals surface area (Å²) in [7, 11) is 0. The molecule has 0 aliphatic heterocycles. The Morgan fingerprint density at radius 2 is 1.00 bits per heavy atom. The molecule has 1 aliphatic rings. The Balaban J connectivity index is 1.95. The lowest BCUT2D eigenvalue weighted by Crippen LogP contribution is -2.51. The third kappa shape index (κ3) is 3.38. The largest absolute Gasteiger partial charge is 0.508 e. The predicted octanol–water partition coefficient (Wildman–Crippen LogP) is 4.50. The van der Waals surface area contributed by atoms with Crippen molar-refractivity contribution < 1.29 is 29.7 Å². The number of phenols is 3. The summed E-state index contributed by atoms with van der Waals surface area (Å²) < 4.78 is 0. The van der Waals surface area contributed by atoms with E-state index in [1.54, 1.807) is 54.6 Å². The first-order chi connectivity index (χ1) is 17.4. The van der Waals surface area contributed by atoms with Gasteiger partial charge in [-0.3, -0.25) is 9.59 Å². The van der Waals surface area contributed by atoms with E-state index in [0.29, 0.717) is 16.7 Å². The van der Waals surface area contributed by atoms with Gasteiger partial charge in [0.05, 0.1) is 5.41 Å². The van der Waals surface area contributed by atoms with Crippen molar-refractivity contribution in [3.05, 3.63) is 130 Å². The molecular weight excluding hydrogens is 456 g/mol. The number of rotatable bonds is 4. The zero-order valence-electron chi connectivity index (χ0n) is 18.9. The van der Waals surface area contributed by atoms with E-state index < -0.39 is 22.9 Å². The van der Waals surface area contributed by atoms with Crippen LogP contribution < -0.4 is 0 Å². The summed E-state index contributed by atoms with van der Waals surface area (Å²) in [5.41, 5.74) is 10.2. The average Bonchev–Trinajstić information content (AvgIpc) is 2.90. The van der Waals surface area contributed by atoms with Crippen LogP contribution in [-0.4, -0.2) is 37.4 Å². The summed E-state index contributed by atoms with van der Waals surface area (Å²) >= 11 is 0. The highest BCUT2D eigenvalue weighted by Gasteiger charge is 2.58. The number of benzene rings is 4. The van der Waals surface area contributed by atoms with E-state index in [2.05, 4.69) is 4.79 Å². The Kier molecular flexibility index (Phi) is 5.47. The molecule has 1 aliphatic carbocycles. The molecule has 0 spiro atoms. The van der Waals surface area contributed by atoms with E-state index in [4.69, 9.17) is 0 Å². The highest BCUT2D eigenvalue weighted by Crippen LogP contribution is 2.49. The van der Waals surface area contributed by atoms with Gasteiger partial charge in [0.1, 0.15) is 23.2 Å². The summed E-state index contributed by atoms with van der Waals surface area (Å²) in [6.07, 6.45) is 0. The number of carbonyl (C=O) groups excluding carboxylic acids is 2. The van der Waals surface area contributed by atoms with Crippen LogP contribution in [0.4, 0.5) is 0 Å². The molecule has 0 saturated carbocycles. The topological polar surface area (TPSA) is 131 Å². The fraction of sp³-hybridized carbons (Fsp3) is 0.0690. The number of carbonyl (C=O) groups is 2. The summed E-state index contributed by atoms with van der Waals surface area (Å²) in [5.74, 6) is -2.35. The SMILES string of the molecule is [N-]=[N+]=C1C(=O)c2ccccc2C(=O)C1C(c1ccc(O)cc1)(c1ccc(O)cc1)c1ccc(O)cc1. The van der Waals surface area contributed by atoms with Gasteiger partial charge in [-0.25, -0.2) is 0 Å². The number of aromatic hydroxyl groups is 3. The van der Waals surface area contributed by atoms with Crippen LogP contribution in [0.5, 0.6) is 17.2 Å². The number of nitrogens with zero attached hydrogens (tertiary/aromatic N) is 2. The smallest absolute Gasteiger partial charge is 0.351 e. The number of phenolic OH excluding ortho intramolecular Hbond substituents is 3. The van der Waals surface area contributed by atoms with Crippen LogP contribution in [0.15, 0.2) is 97.1 Å². The van der Waals surface area contributed by atoms with E-state index >= 15 is 0 Å². The lowest BCUT2D eigenvalue weighted by atomic mass is 9.56. The molecule has 0 heterocycles. The first-order valence-electron chi connectivity index (χ1n) is 11.2. The van der Waals surface area contributed by atoms with E-state index in [1.807, 2.05) is 0 Å². The van der Waals surface area contributed by atoms with Crippen molar-refractivity contribution in [1.29, 1.82) is 0 Å². The van der Waals surface area contributed by atoms with Gasteiger partial charge < -0.3 is 20.9 Å². The maximum absolute atomic E-state index is 14.2. The molecule has 3 N–H and O–H groups in total. The minimum atomic E-state index is -1.45. The van der Waals surface area contributed by atoms with Gasteiger partial charge in [-0.05, 0) is 53.1 Å². The molecule has 4 aromatic rings. The van der Waals surface area contributed by atoms with Crippen molar-refractivity contribution in [3.8, 4) is 17.2 Å². The molecule has 5 rings (SSSR count). The number of Topliss-reactive ketones (excluding diaryl/α,β-unsaturated/α-hetero) is 2. The van der Waals surface area contributed by atoms with Crippen molar-refractivity contribution >= 4 is 17.3 Å². The number of hydrogen-bond donors (Lipinski definition) is 3. The van der Waals surface area contributed by atoms with Gasteiger partial charge >= 0.3 is 5.71 Å². The van der Waals surface area contributed by atoms with Crippen molar-refractivity contribution in [2.75, 3.05) is 0 Å². The highest BCUT2D eigenvalue weighted by atomic mass is 16.3. The Bertz CT molecular complexity index is 1420. The van der Waals surface area contributed by atoms with Gasteiger partial charge in [0, 0.05) is 11.1 Å². The first-order valence-corrected chi connectivity index (χ1v) is 11.2. The van der Waals surface area contributed by atoms with E-state index in [-0.39, 0.29) is 34.1 Å². The van der Waals surface area contributed by atoms with Gasteiger partial charge in [-0.2, -0.15) is 4.79 Å². The molecule has 0 radical (unpaired) electrons. The van der Waals surface area contributed by atoms with Crippen LogP contribution in [0.25, 0.3) is 5.53 Å². The fourth-order valence-electron chi connectivity index (χ4n) is 5.12. The maximum Gasteiger partial charge on any atom is 0.351 e. The zero-order chi connectivity index (χ0) is 25.4. The van der Waals surface area contributed by atoms with Gasteiger partial charge in [-0.1, -0.05) is 60.7 Å². The van der Waals surface area contributed by atoms with Crippen LogP contribution in [0.2, 0.25) is 0 Å². The van der Waals surface area contributed by atoms with Crippen molar-refractivity contribution in [1.82, 2.24) is 0 Å². The van der Waals surface area contributed by atoms with E-state index in [0.717, 1.165) is 0 Å². The molecule has 0 bridgehead atoms. The van der Waals surface area contributed by atoms with Gasteiger partial charge in [0.2, 0.25) is 0 Å². The number of ketones is 2. The highest BCUT2D eigenvalue weighted by molar-refractivity contribution is 6.52. The summed E-state index contributed by atoms with van der Waals surface area (Å²) in [5, 5.41) is 30.1. The lowest BCUT2D eigenvalue weighted by Gasteiger charge is -2.41. The minimum Gasteiger partial charge on any atom is -0.508 e. The fourth-order valence-corrected chi connectivity index (χ4v) is 5.12. The Morgan fingerprint density at radius 3 is 1.39 bits per heavy atom. The maximum atomic E-state index is 14.2. The molecule has 1 unspecified atom stereocenters. The van der Waals surface area contributed by atoms with Crippen LogP contribution in [0, 0.1) is 5.92 Å². The van der Waals surface area contributed by atoms with Crippen molar-refractivity contribution in [2.45, 2.75) is 5.41 Å². The van der Waals surface area contributed by atoms with Crippen LogP contribution >= 0.6 is 0 Å². The number of fused-ring (bicyclic) bond motifs is 1. The molecule has 0 amide bonds. The van der Waals surface area contributed by atoms with Crippen LogP contribution in [0.3, 0.4) is 0 Å². The van der Waals surface area contributed by atoms with Crippen molar-refractivity contribution in [2.24, 2.45) is 5.92 Å². The zero-order valence-corrected chi connectivity index (χ0v) is 18.9. The molecule has 7 nitrogen and oxygen atoms in total. The Morgan fingerprint density at radius 1 is 0.611 bits per heavy atom. The molecule has 0 aromatic heterocycles. The normalized spacial score (nSPS) is 15.3. The second kappa shape index (κ2) is 8.65. The Labute approximate surface area is 206 Å². The predicted molar refractivity (Wildman–Crippen MR) is 131 cm³/mol. The molecule has 36 heavy (non-hydrogen) atoms. The summed E-state index contributed by atoms with van der Waals surface area (Å²) in [6.45, 7) is 0. The van der Waals surface area contributed by atoms with Crippen molar-refractivity contribution in [3.63, 3.8) is 0 Å². The molecule has 176 valence electrons. The number of hydrogen-bond acceptors (Lipinski definition) is 5. The summed E-state index contributed by atoms with van der Waals surface area (Å²) in [4.78, 5) is 31.1. The molecular formula is C29H20N2O5. The van der Waals surface area contributed by atoms with E-state index in [1.165, 1.54) is 42.5 Å². The molecule has 1 atom stereocenters. The summed E-state index contributed by atoms with van der Waals surface area (Å²) in [6, 6.07) is 24.9. The third-order valence-corrected chi connectivity index (χ3v) is 6.71. The minimum absolute atomic E-state index is 0.00324. The average molecular weight is 476 g/mol. The Hall–Kier alpha value is -5.00. The first kappa shape index (κ1) is 22.8. The van der Waals surface area contributed by atoms with E-state index in [9.17, 15) is 30.4 Å². The monoisotopic (exact) mass is 476 g/mol. The quantitative estimate of drug-likeness (QED) is 0.227. The van der Waals surface area contributed by atoms with Gasteiger partial charge in [-0.15, -0.1) is 0 Å². The molecule has 7 heteroatoms. The van der Waals surface area contributed by atoms with Crippen LogP contribution in [-0.2, 0) is 5.41 Å². The van der Waals surface area contributed by atoms with Crippen LogP contribution in [0.1, 0.15) is 37.4 Å². The second-order valence-corrected chi connectivity index (χ2v) is 8.61. The molecule has 4 aromatic carbocycles. The molecule has 0 fully saturated rings. The third-order valence-electron chi connectivity index (χ3n) is 6.71. The van der Waals surface area contributed by atoms with Gasteiger partial charge in [0.25, 0.3) is 5.78 Å². The second-order valence-electron chi connectivity index (χ2n) is 8.61.